The number of nitrogens with zero attached hydrogens (tertiary/aromatic N) is 1. The SMILES string of the molecule is O=C(CN1C(=O)OC[C@H]1c1ccccc1)Nc1ccc2c(c1)CC1(C2)NC(=O)NC1=O. The van der Waals surface area contributed by atoms with Crippen LogP contribution in [0.3, 0.4) is 0 Å². The summed E-state index contributed by atoms with van der Waals surface area (Å²) < 4.78 is 5.15. The summed E-state index contributed by atoms with van der Waals surface area (Å²) in [6.07, 6.45) is 0.243. The van der Waals surface area contributed by atoms with Crippen molar-refractivity contribution in [3.8, 4) is 0 Å². The van der Waals surface area contributed by atoms with E-state index in [1.165, 1.54) is 4.90 Å². The first-order chi connectivity index (χ1) is 14.9. The summed E-state index contributed by atoms with van der Waals surface area (Å²) in [5.74, 6) is -0.682. The molecule has 0 radical (unpaired) electrons. The maximum Gasteiger partial charge on any atom is 0.410 e. The van der Waals surface area contributed by atoms with Crippen LogP contribution in [0.15, 0.2) is 48.5 Å². The average molecular weight is 420 g/mol. The van der Waals surface area contributed by atoms with E-state index < -0.39 is 17.7 Å². The van der Waals surface area contributed by atoms with E-state index in [1.807, 2.05) is 36.4 Å². The fourth-order valence-corrected chi connectivity index (χ4v) is 4.46. The smallest absolute Gasteiger partial charge is 0.410 e. The minimum absolute atomic E-state index is 0.141. The number of carbonyl (C=O) groups excluding carboxylic acids is 4. The molecule has 9 nitrogen and oxygen atoms in total. The Balaban J connectivity index is 1.27. The Kier molecular flexibility index (Phi) is 4.39. The normalized spacial score (nSPS) is 24.1. The van der Waals surface area contributed by atoms with Crippen molar-refractivity contribution in [1.29, 1.82) is 0 Å². The third-order valence-electron chi connectivity index (χ3n) is 5.96. The van der Waals surface area contributed by atoms with Gasteiger partial charge in [0.25, 0.3) is 5.91 Å². The van der Waals surface area contributed by atoms with Gasteiger partial charge in [-0.3, -0.25) is 19.8 Å². The van der Waals surface area contributed by atoms with Gasteiger partial charge >= 0.3 is 12.1 Å². The van der Waals surface area contributed by atoms with Crippen LogP contribution in [0.1, 0.15) is 22.7 Å². The van der Waals surface area contributed by atoms with Gasteiger partial charge in [-0.15, -0.1) is 0 Å². The summed E-state index contributed by atoms with van der Waals surface area (Å²) in [6.45, 7) is 0.0583. The highest BCUT2D eigenvalue weighted by molar-refractivity contribution is 6.08. The highest BCUT2D eigenvalue weighted by Crippen LogP contribution is 2.34. The second kappa shape index (κ2) is 7.12. The number of hydrogen-bond acceptors (Lipinski definition) is 5. The van der Waals surface area contributed by atoms with Gasteiger partial charge in [0.2, 0.25) is 5.91 Å². The summed E-state index contributed by atoms with van der Waals surface area (Å²) in [6, 6.07) is 14.0. The highest BCUT2D eigenvalue weighted by Gasteiger charge is 2.50. The molecular weight excluding hydrogens is 400 g/mol. The second-order valence-corrected chi connectivity index (χ2v) is 8.01. The maximum absolute atomic E-state index is 12.7. The summed E-state index contributed by atoms with van der Waals surface area (Å²) in [5, 5.41) is 7.81. The molecule has 2 fully saturated rings. The average Bonchev–Trinajstić information content (AvgIpc) is 3.37. The fraction of sp³-hybridized carbons (Fsp3) is 0.273. The number of benzene rings is 2. The lowest BCUT2D eigenvalue weighted by molar-refractivity contribution is -0.123. The summed E-state index contributed by atoms with van der Waals surface area (Å²) >= 11 is 0. The van der Waals surface area contributed by atoms with Gasteiger partial charge in [0.15, 0.2) is 0 Å². The lowest BCUT2D eigenvalue weighted by Crippen LogP contribution is -2.47. The Morgan fingerprint density at radius 2 is 1.87 bits per heavy atom. The lowest BCUT2D eigenvalue weighted by Gasteiger charge is -2.21. The Morgan fingerprint density at radius 1 is 1.10 bits per heavy atom. The predicted octanol–water partition coefficient (Wildman–Crippen LogP) is 1.50. The van der Waals surface area contributed by atoms with Crippen molar-refractivity contribution in [2.45, 2.75) is 24.4 Å². The van der Waals surface area contributed by atoms with E-state index in [4.69, 9.17) is 4.74 Å². The molecular formula is C22H20N4O5. The van der Waals surface area contributed by atoms with Gasteiger partial charge in [-0.2, -0.15) is 0 Å². The zero-order valence-corrected chi connectivity index (χ0v) is 16.5. The molecule has 1 unspecified atom stereocenters. The molecule has 5 rings (SSSR count). The Labute approximate surface area is 177 Å². The van der Waals surface area contributed by atoms with Gasteiger partial charge in [-0.05, 0) is 28.8 Å². The van der Waals surface area contributed by atoms with E-state index in [-0.39, 0.29) is 31.0 Å². The number of fused-ring (bicyclic) bond motifs is 1. The minimum Gasteiger partial charge on any atom is -0.447 e. The Bertz CT molecular complexity index is 1100. The zero-order chi connectivity index (χ0) is 21.6. The topological polar surface area (TPSA) is 117 Å². The third-order valence-corrected chi connectivity index (χ3v) is 5.96. The van der Waals surface area contributed by atoms with Crippen LogP contribution in [0.4, 0.5) is 15.3 Å². The van der Waals surface area contributed by atoms with E-state index >= 15 is 0 Å². The molecule has 31 heavy (non-hydrogen) atoms. The van der Waals surface area contributed by atoms with Crippen LogP contribution in [0.5, 0.6) is 0 Å². The maximum atomic E-state index is 12.7. The molecule has 0 bridgehead atoms. The van der Waals surface area contributed by atoms with Crippen molar-refractivity contribution in [1.82, 2.24) is 15.5 Å². The van der Waals surface area contributed by atoms with Crippen LogP contribution in [0.25, 0.3) is 0 Å². The number of nitrogens with one attached hydrogen (secondary N) is 3. The van der Waals surface area contributed by atoms with Crippen molar-refractivity contribution < 1.29 is 23.9 Å². The standard InChI is InChI=1S/C22H20N4O5/c27-18(11-26-17(12-31-21(26)30)13-4-2-1-3-5-13)23-16-7-6-14-9-22(10-15(14)8-16)19(28)24-20(29)25-22/h1-8,17H,9-12H2,(H,23,27)(H2,24,25,28,29)/t17-,22?/m0/s1. The number of cyclic esters (lactones) is 1. The van der Waals surface area contributed by atoms with Crippen molar-refractivity contribution in [3.05, 3.63) is 65.2 Å². The van der Waals surface area contributed by atoms with Gasteiger partial charge in [0, 0.05) is 18.5 Å². The molecule has 9 heteroatoms. The predicted molar refractivity (Wildman–Crippen MR) is 109 cm³/mol. The van der Waals surface area contributed by atoms with Crippen molar-refractivity contribution >= 4 is 29.6 Å². The molecule has 2 aromatic rings. The third kappa shape index (κ3) is 3.37. The first-order valence-electron chi connectivity index (χ1n) is 9.97. The van der Waals surface area contributed by atoms with Gasteiger partial charge < -0.3 is 15.4 Å². The molecule has 158 valence electrons. The molecule has 0 aromatic heterocycles. The quantitative estimate of drug-likeness (QED) is 0.648. The zero-order valence-electron chi connectivity index (χ0n) is 16.5. The molecule has 1 aliphatic carbocycles. The van der Waals surface area contributed by atoms with Crippen LogP contribution in [0, 0.1) is 0 Å². The van der Waals surface area contributed by atoms with E-state index in [0.29, 0.717) is 18.5 Å². The van der Waals surface area contributed by atoms with Crippen LogP contribution in [0.2, 0.25) is 0 Å². The molecule has 2 heterocycles. The van der Waals surface area contributed by atoms with Crippen molar-refractivity contribution in [2.75, 3.05) is 18.5 Å². The number of anilines is 1. The second-order valence-electron chi connectivity index (χ2n) is 8.01. The van der Waals surface area contributed by atoms with E-state index in [9.17, 15) is 19.2 Å². The van der Waals surface area contributed by atoms with Crippen LogP contribution < -0.4 is 16.0 Å². The Hall–Kier alpha value is -3.88. The van der Waals surface area contributed by atoms with Gasteiger partial charge in [0.1, 0.15) is 18.7 Å². The molecule has 1 spiro atoms. The molecule has 3 N–H and O–H groups in total. The van der Waals surface area contributed by atoms with Gasteiger partial charge in [-0.1, -0.05) is 36.4 Å². The highest BCUT2D eigenvalue weighted by atomic mass is 16.6. The molecule has 2 atom stereocenters. The van der Waals surface area contributed by atoms with E-state index in [0.717, 1.165) is 16.7 Å². The first-order valence-corrected chi connectivity index (χ1v) is 9.97. The summed E-state index contributed by atoms with van der Waals surface area (Å²) in [4.78, 5) is 50.0. The number of ether oxygens (including phenoxy) is 1. The fourth-order valence-electron chi connectivity index (χ4n) is 4.46. The number of imide groups is 1. The number of carbonyl (C=O) groups is 4. The van der Waals surface area contributed by atoms with Gasteiger partial charge in [0.05, 0.1) is 6.04 Å². The summed E-state index contributed by atoms with van der Waals surface area (Å²) in [7, 11) is 0. The number of amides is 5. The van der Waals surface area contributed by atoms with Crippen molar-refractivity contribution in [3.63, 3.8) is 0 Å². The Morgan fingerprint density at radius 3 is 2.61 bits per heavy atom. The van der Waals surface area contributed by atoms with E-state index in [1.54, 1.807) is 12.1 Å². The number of rotatable bonds is 4. The molecule has 5 amide bonds. The van der Waals surface area contributed by atoms with Crippen molar-refractivity contribution in [2.24, 2.45) is 0 Å². The largest absolute Gasteiger partial charge is 0.447 e. The monoisotopic (exact) mass is 420 g/mol. The molecule has 3 aliphatic rings. The number of hydrogen-bond donors (Lipinski definition) is 3. The molecule has 0 saturated carbocycles. The van der Waals surface area contributed by atoms with Gasteiger partial charge in [-0.25, -0.2) is 9.59 Å². The van der Waals surface area contributed by atoms with Crippen LogP contribution in [-0.4, -0.2) is 47.5 Å². The van der Waals surface area contributed by atoms with E-state index in [2.05, 4.69) is 16.0 Å². The minimum atomic E-state index is -0.954. The molecule has 2 aliphatic heterocycles. The molecule has 2 aromatic carbocycles. The van der Waals surface area contributed by atoms with Crippen LogP contribution >= 0.6 is 0 Å². The number of urea groups is 1. The first kappa shape index (κ1) is 19.1. The summed E-state index contributed by atoms with van der Waals surface area (Å²) in [5.41, 5.74) is 2.35. The van der Waals surface area contributed by atoms with Crippen LogP contribution in [-0.2, 0) is 27.2 Å². The molecule has 2 saturated heterocycles. The lowest BCUT2D eigenvalue weighted by atomic mass is 9.96.